The predicted octanol–water partition coefficient (Wildman–Crippen LogP) is 5.56. The zero-order valence-electron chi connectivity index (χ0n) is 20.2. The fourth-order valence-electron chi connectivity index (χ4n) is 4.52. The van der Waals surface area contributed by atoms with Crippen LogP contribution >= 0.6 is 11.3 Å². The fraction of sp³-hybridized carbons (Fsp3) is 0.179. The summed E-state index contributed by atoms with van der Waals surface area (Å²) in [4.78, 5) is 33.0. The first-order chi connectivity index (χ1) is 17.3. The number of para-hydroxylation sites is 1. The van der Waals surface area contributed by atoms with Crippen molar-refractivity contribution in [2.45, 2.75) is 19.9 Å². The van der Waals surface area contributed by atoms with Gasteiger partial charge in [-0.25, -0.2) is 4.98 Å². The van der Waals surface area contributed by atoms with Crippen LogP contribution in [-0.2, 0) is 9.59 Å². The third kappa shape index (κ3) is 3.79. The van der Waals surface area contributed by atoms with Crippen molar-refractivity contribution in [1.29, 1.82) is 0 Å². The number of aryl methyl sites for hydroxylation is 2. The van der Waals surface area contributed by atoms with E-state index in [4.69, 9.17) is 9.47 Å². The van der Waals surface area contributed by atoms with Gasteiger partial charge in [0.2, 0.25) is 0 Å². The maximum atomic E-state index is 13.5. The van der Waals surface area contributed by atoms with Crippen LogP contribution in [0.2, 0.25) is 0 Å². The number of ether oxygens (including phenoxy) is 2. The zero-order chi connectivity index (χ0) is 25.6. The Bertz CT molecular complexity index is 1550. The molecule has 1 amide bonds. The maximum absolute atomic E-state index is 13.5. The number of anilines is 1. The molecular formula is C28H24N2O5S. The molecule has 4 aromatic rings. The predicted molar refractivity (Wildman–Crippen MR) is 140 cm³/mol. The van der Waals surface area contributed by atoms with Gasteiger partial charge in [-0.05, 0) is 61.4 Å². The molecule has 7 nitrogen and oxygen atoms in total. The number of amides is 1. The summed E-state index contributed by atoms with van der Waals surface area (Å²) in [6, 6.07) is 17.2. The molecule has 1 atom stereocenters. The maximum Gasteiger partial charge on any atom is 0.301 e. The van der Waals surface area contributed by atoms with E-state index in [1.807, 2.05) is 38.1 Å². The Labute approximate surface area is 212 Å². The highest BCUT2D eigenvalue weighted by Crippen LogP contribution is 2.46. The molecule has 0 spiro atoms. The van der Waals surface area contributed by atoms with E-state index in [1.54, 1.807) is 43.5 Å². The Kier molecular flexibility index (Phi) is 5.97. The fourth-order valence-corrected chi connectivity index (χ4v) is 5.61. The first-order valence-electron chi connectivity index (χ1n) is 11.3. The standard InChI is InChI=1S/C28H24N2O5S/c1-15-9-11-19-22(13-15)36-28(29-19)30-24(18-7-5-6-8-21(18)35-4)23(26(32)27(30)33)25(31)17-10-12-20(34-3)16(2)14-17/h5-14,24,31H,1-4H3/t24-/m1/s1. The second-order valence-corrected chi connectivity index (χ2v) is 9.57. The van der Waals surface area contributed by atoms with Crippen molar-refractivity contribution in [1.82, 2.24) is 4.98 Å². The molecule has 0 radical (unpaired) electrons. The largest absolute Gasteiger partial charge is 0.507 e. The van der Waals surface area contributed by atoms with Crippen LogP contribution in [0.1, 0.15) is 28.3 Å². The van der Waals surface area contributed by atoms with Crippen LogP contribution in [-0.4, -0.2) is 36.0 Å². The van der Waals surface area contributed by atoms with Gasteiger partial charge in [-0.15, -0.1) is 0 Å². The molecule has 0 saturated carbocycles. The lowest BCUT2D eigenvalue weighted by Crippen LogP contribution is -2.29. The third-order valence-electron chi connectivity index (χ3n) is 6.28. The molecule has 1 fully saturated rings. The summed E-state index contributed by atoms with van der Waals surface area (Å²) in [5.74, 6) is -0.670. The number of Topliss-reactive ketones (excluding diaryl/α,β-unsaturated/α-hetero) is 1. The average molecular weight is 501 g/mol. The number of rotatable bonds is 5. The Morgan fingerprint density at radius 1 is 0.972 bits per heavy atom. The molecule has 0 unspecified atom stereocenters. The molecule has 182 valence electrons. The number of carbonyl (C=O) groups is 2. The quantitative estimate of drug-likeness (QED) is 0.219. The molecule has 2 heterocycles. The highest BCUT2D eigenvalue weighted by Gasteiger charge is 2.49. The van der Waals surface area contributed by atoms with Gasteiger partial charge in [-0.3, -0.25) is 14.5 Å². The summed E-state index contributed by atoms with van der Waals surface area (Å²) in [6.45, 7) is 3.83. The van der Waals surface area contributed by atoms with Crippen molar-refractivity contribution < 1.29 is 24.2 Å². The lowest BCUT2D eigenvalue weighted by atomic mass is 9.94. The smallest absolute Gasteiger partial charge is 0.301 e. The molecule has 1 aliphatic rings. The van der Waals surface area contributed by atoms with E-state index < -0.39 is 17.7 Å². The van der Waals surface area contributed by atoms with Gasteiger partial charge < -0.3 is 14.6 Å². The number of nitrogens with zero attached hydrogens (tertiary/aromatic N) is 2. The Balaban J connectivity index is 1.75. The van der Waals surface area contributed by atoms with Gasteiger partial charge in [0.1, 0.15) is 23.3 Å². The zero-order valence-corrected chi connectivity index (χ0v) is 21.1. The van der Waals surface area contributed by atoms with E-state index in [0.717, 1.165) is 21.3 Å². The highest BCUT2D eigenvalue weighted by atomic mass is 32.1. The van der Waals surface area contributed by atoms with Gasteiger partial charge in [0.25, 0.3) is 5.78 Å². The van der Waals surface area contributed by atoms with E-state index in [9.17, 15) is 14.7 Å². The summed E-state index contributed by atoms with van der Waals surface area (Å²) in [5, 5.41) is 11.8. The van der Waals surface area contributed by atoms with Crippen LogP contribution in [0.4, 0.5) is 5.13 Å². The number of aliphatic hydroxyl groups excluding tert-OH is 1. The molecule has 1 saturated heterocycles. The van der Waals surface area contributed by atoms with Crippen LogP contribution in [0.25, 0.3) is 16.0 Å². The van der Waals surface area contributed by atoms with Crippen LogP contribution in [0.5, 0.6) is 11.5 Å². The number of fused-ring (bicyclic) bond motifs is 1. The lowest BCUT2D eigenvalue weighted by molar-refractivity contribution is -0.132. The van der Waals surface area contributed by atoms with E-state index in [1.165, 1.54) is 23.3 Å². The number of ketones is 1. The first-order valence-corrected chi connectivity index (χ1v) is 12.1. The average Bonchev–Trinajstić information content (AvgIpc) is 3.41. The van der Waals surface area contributed by atoms with E-state index >= 15 is 0 Å². The summed E-state index contributed by atoms with van der Waals surface area (Å²) in [5.41, 5.74) is 3.53. The minimum Gasteiger partial charge on any atom is -0.507 e. The summed E-state index contributed by atoms with van der Waals surface area (Å²) < 4.78 is 11.8. The number of methoxy groups -OCH3 is 2. The Morgan fingerprint density at radius 2 is 1.72 bits per heavy atom. The Morgan fingerprint density at radius 3 is 2.44 bits per heavy atom. The summed E-state index contributed by atoms with van der Waals surface area (Å²) in [7, 11) is 3.09. The second-order valence-electron chi connectivity index (χ2n) is 8.56. The summed E-state index contributed by atoms with van der Waals surface area (Å²) >= 11 is 1.32. The third-order valence-corrected chi connectivity index (χ3v) is 7.30. The molecule has 1 aliphatic heterocycles. The van der Waals surface area contributed by atoms with Crippen molar-refractivity contribution in [2.75, 3.05) is 19.1 Å². The minimum absolute atomic E-state index is 0.0236. The molecule has 3 aromatic carbocycles. The number of aromatic nitrogens is 1. The second kappa shape index (κ2) is 9.13. The number of hydrogen-bond donors (Lipinski definition) is 1. The molecule has 1 aromatic heterocycles. The molecule has 1 N–H and O–H groups in total. The van der Waals surface area contributed by atoms with Gasteiger partial charge in [0.05, 0.1) is 30.0 Å². The lowest BCUT2D eigenvalue weighted by Gasteiger charge is -2.24. The van der Waals surface area contributed by atoms with Gasteiger partial charge in [-0.2, -0.15) is 0 Å². The summed E-state index contributed by atoms with van der Waals surface area (Å²) in [6.07, 6.45) is 0. The molecule has 8 heteroatoms. The van der Waals surface area contributed by atoms with E-state index in [0.29, 0.717) is 27.8 Å². The number of hydrogen-bond acceptors (Lipinski definition) is 7. The molecular weight excluding hydrogens is 476 g/mol. The van der Waals surface area contributed by atoms with E-state index in [-0.39, 0.29) is 11.3 Å². The monoisotopic (exact) mass is 500 g/mol. The topological polar surface area (TPSA) is 89.0 Å². The molecule has 0 aliphatic carbocycles. The normalized spacial score (nSPS) is 17.1. The first kappa shape index (κ1) is 23.6. The van der Waals surface area contributed by atoms with Gasteiger partial charge in [-0.1, -0.05) is 35.6 Å². The number of aliphatic hydroxyl groups is 1. The van der Waals surface area contributed by atoms with Crippen LogP contribution in [0.3, 0.4) is 0 Å². The van der Waals surface area contributed by atoms with Gasteiger partial charge in [0, 0.05) is 11.1 Å². The van der Waals surface area contributed by atoms with Crippen LogP contribution in [0, 0.1) is 13.8 Å². The number of benzene rings is 3. The minimum atomic E-state index is -0.926. The van der Waals surface area contributed by atoms with E-state index in [2.05, 4.69) is 4.98 Å². The van der Waals surface area contributed by atoms with Crippen molar-refractivity contribution in [2.24, 2.45) is 0 Å². The Hall–Kier alpha value is -4.17. The van der Waals surface area contributed by atoms with Crippen molar-refractivity contribution >= 4 is 44.1 Å². The molecule has 0 bridgehead atoms. The number of carbonyl (C=O) groups excluding carboxylic acids is 2. The molecule has 5 rings (SSSR count). The highest BCUT2D eigenvalue weighted by molar-refractivity contribution is 7.22. The van der Waals surface area contributed by atoms with Crippen molar-refractivity contribution in [3.63, 3.8) is 0 Å². The van der Waals surface area contributed by atoms with Crippen molar-refractivity contribution in [3.8, 4) is 11.5 Å². The van der Waals surface area contributed by atoms with Crippen LogP contribution in [0.15, 0.2) is 66.2 Å². The van der Waals surface area contributed by atoms with Crippen LogP contribution < -0.4 is 14.4 Å². The van der Waals surface area contributed by atoms with Gasteiger partial charge in [0.15, 0.2) is 5.13 Å². The van der Waals surface area contributed by atoms with Crippen molar-refractivity contribution in [3.05, 3.63) is 88.5 Å². The number of thiazole rings is 1. The van der Waals surface area contributed by atoms with Gasteiger partial charge >= 0.3 is 5.91 Å². The SMILES string of the molecule is COc1ccc(C(O)=C2C(=O)C(=O)N(c3nc4ccc(C)cc4s3)[C@@H]2c2ccccc2OC)cc1C. The molecule has 36 heavy (non-hydrogen) atoms.